The molecule has 0 radical (unpaired) electrons. The van der Waals surface area contributed by atoms with Crippen LogP contribution >= 0.6 is 0 Å². The fourth-order valence-corrected chi connectivity index (χ4v) is 2.40. The SMILES string of the molecule is COc1ccc(N(C(=O)c2ccccc2)c2ccccc2)cc1. The number of ether oxygens (including phenoxy) is 1. The van der Waals surface area contributed by atoms with Gasteiger partial charge in [-0.05, 0) is 48.5 Å². The van der Waals surface area contributed by atoms with Gasteiger partial charge in [0.15, 0.2) is 0 Å². The standard InChI is InChI=1S/C20H17NO2/c1-23-19-14-12-18(13-15-19)21(17-10-6-3-7-11-17)20(22)16-8-4-2-5-9-16/h2-15H,1H3. The van der Waals surface area contributed by atoms with Gasteiger partial charge in [0.2, 0.25) is 0 Å². The molecular weight excluding hydrogens is 286 g/mol. The largest absolute Gasteiger partial charge is 0.497 e. The summed E-state index contributed by atoms with van der Waals surface area (Å²) in [6, 6.07) is 26.4. The summed E-state index contributed by atoms with van der Waals surface area (Å²) in [5.74, 6) is 0.691. The molecule has 0 N–H and O–H groups in total. The van der Waals surface area contributed by atoms with E-state index in [1.54, 1.807) is 12.0 Å². The van der Waals surface area contributed by atoms with Crippen molar-refractivity contribution in [2.24, 2.45) is 0 Å². The van der Waals surface area contributed by atoms with E-state index < -0.39 is 0 Å². The van der Waals surface area contributed by atoms with E-state index in [0.29, 0.717) is 5.56 Å². The summed E-state index contributed by atoms with van der Waals surface area (Å²) in [5.41, 5.74) is 2.27. The molecule has 3 heteroatoms. The lowest BCUT2D eigenvalue weighted by atomic mass is 10.1. The number of rotatable bonds is 4. The van der Waals surface area contributed by atoms with Crippen LogP contribution in [-0.2, 0) is 0 Å². The van der Waals surface area contributed by atoms with E-state index in [1.807, 2.05) is 84.9 Å². The molecule has 23 heavy (non-hydrogen) atoms. The zero-order valence-electron chi connectivity index (χ0n) is 12.8. The molecule has 114 valence electrons. The fourth-order valence-electron chi connectivity index (χ4n) is 2.40. The van der Waals surface area contributed by atoms with E-state index in [2.05, 4.69) is 0 Å². The van der Waals surface area contributed by atoms with E-state index in [-0.39, 0.29) is 5.91 Å². The molecule has 0 saturated heterocycles. The van der Waals surface area contributed by atoms with Crippen molar-refractivity contribution in [2.75, 3.05) is 12.0 Å². The van der Waals surface area contributed by atoms with Gasteiger partial charge in [0.25, 0.3) is 5.91 Å². The third-order valence-electron chi connectivity index (χ3n) is 3.57. The Morgan fingerprint density at radius 2 is 1.26 bits per heavy atom. The normalized spacial score (nSPS) is 10.1. The van der Waals surface area contributed by atoms with Crippen molar-refractivity contribution in [1.82, 2.24) is 0 Å². The van der Waals surface area contributed by atoms with E-state index in [9.17, 15) is 4.79 Å². The number of amides is 1. The summed E-state index contributed by atoms with van der Waals surface area (Å²) < 4.78 is 5.20. The molecule has 0 aliphatic carbocycles. The molecule has 0 aliphatic heterocycles. The maximum atomic E-state index is 13.0. The smallest absolute Gasteiger partial charge is 0.262 e. The second kappa shape index (κ2) is 6.79. The Hall–Kier alpha value is -3.07. The fraction of sp³-hybridized carbons (Fsp3) is 0.0500. The molecule has 0 heterocycles. The summed E-state index contributed by atoms with van der Waals surface area (Å²) in [4.78, 5) is 14.7. The number of benzene rings is 3. The highest BCUT2D eigenvalue weighted by Gasteiger charge is 2.19. The van der Waals surface area contributed by atoms with Gasteiger partial charge < -0.3 is 4.74 Å². The van der Waals surface area contributed by atoms with Crippen LogP contribution in [0.4, 0.5) is 11.4 Å². The molecule has 0 aliphatic rings. The highest BCUT2D eigenvalue weighted by Crippen LogP contribution is 2.28. The van der Waals surface area contributed by atoms with Gasteiger partial charge in [-0.1, -0.05) is 36.4 Å². The molecular formula is C20H17NO2. The molecule has 1 amide bonds. The van der Waals surface area contributed by atoms with Crippen LogP contribution < -0.4 is 9.64 Å². The minimum absolute atomic E-state index is 0.0676. The summed E-state index contributed by atoms with van der Waals surface area (Å²) in [7, 11) is 1.62. The van der Waals surface area contributed by atoms with Crippen LogP contribution in [0.25, 0.3) is 0 Å². The summed E-state index contributed by atoms with van der Waals surface area (Å²) in [6.45, 7) is 0. The number of methoxy groups -OCH3 is 1. The second-order valence-electron chi connectivity index (χ2n) is 5.04. The third-order valence-corrected chi connectivity index (χ3v) is 3.57. The highest BCUT2D eigenvalue weighted by atomic mass is 16.5. The van der Waals surface area contributed by atoms with E-state index >= 15 is 0 Å². The first-order valence-electron chi connectivity index (χ1n) is 7.38. The van der Waals surface area contributed by atoms with Crippen molar-refractivity contribution in [2.45, 2.75) is 0 Å². The zero-order valence-corrected chi connectivity index (χ0v) is 12.8. The van der Waals surface area contributed by atoms with Gasteiger partial charge in [-0.2, -0.15) is 0 Å². The average Bonchev–Trinajstić information content (AvgIpc) is 2.64. The Bertz CT molecular complexity index is 768. The van der Waals surface area contributed by atoms with Crippen LogP contribution in [0.2, 0.25) is 0 Å². The van der Waals surface area contributed by atoms with Gasteiger partial charge >= 0.3 is 0 Å². The number of nitrogens with zero attached hydrogens (tertiary/aromatic N) is 1. The topological polar surface area (TPSA) is 29.5 Å². The number of anilines is 2. The molecule has 0 spiro atoms. The van der Waals surface area contributed by atoms with Crippen LogP contribution in [-0.4, -0.2) is 13.0 Å². The van der Waals surface area contributed by atoms with Crippen molar-refractivity contribution in [3.05, 3.63) is 90.5 Å². The van der Waals surface area contributed by atoms with Gasteiger partial charge in [-0.15, -0.1) is 0 Å². The molecule has 3 aromatic carbocycles. The van der Waals surface area contributed by atoms with Crippen molar-refractivity contribution < 1.29 is 9.53 Å². The van der Waals surface area contributed by atoms with Gasteiger partial charge in [0, 0.05) is 16.9 Å². The molecule has 3 nitrogen and oxygen atoms in total. The van der Waals surface area contributed by atoms with Gasteiger partial charge in [-0.3, -0.25) is 9.69 Å². The molecule has 3 rings (SSSR count). The first kappa shape index (κ1) is 14.9. The molecule has 0 saturated carbocycles. The highest BCUT2D eigenvalue weighted by molar-refractivity contribution is 6.10. The van der Waals surface area contributed by atoms with E-state index in [1.165, 1.54) is 0 Å². The Morgan fingerprint density at radius 1 is 0.739 bits per heavy atom. The Kier molecular flexibility index (Phi) is 4.39. The van der Waals surface area contributed by atoms with Crippen LogP contribution in [0.1, 0.15) is 10.4 Å². The number of carbonyl (C=O) groups is 1. The van der Waals surface area contributed by atoms with Gasteiger partial charge in [0.1, 0.15) is 5.75 Å². The van der Waals surface area contributed by atoms with Gasteiger partial charge in [0.05, 0.1) is 7.11 Å². The zero-order chi connectivity index (χ0) is 16.1. The Labute approximate surface area is 135 Å². The summed E-state index contributed by atoms with van der Waals surface area (Å²) in [6.07, 6.45) is 0. The molecule has 0 aromatic heterocycles. The second-order valence-corrected chi connectivity index (χ2v) is 5.04. The minimum Gasteiger partial charge on any atom is -0.497 e. The van der Waals surface area contributed by atoms with Crippen molar-refractivity contribution in [1.29, 1.82) is 0 Å². The van der Waals surface area contributed by atoms with Crippen molar-refractivity contribution in [3.8, 4) is 5.75 Å². The van der Waals surface area contributed by atoms with Crippen LogP contribution in [0, 0.1) is 0 Å². The van der Waals surface area contributed by atoms with Gasteiger partial charge in [-0.25, -0.2) is 0 Å². The lowest BCUT2D eigenvalue weighted by molar-refractivity contribution is 0.0999. The molecule has 0 bridgehead atoms. The Morgan fingerprint density at radius 3 is 1.83 bits per heavy atom. The Balaban J connectivity index is 2.05. The average molecular weight is 303 g/mol. The maximum Gasteiger partial charge on any atom is 0.262 e. The quantitative estimate of drug-likeness (QED) is 0.700. The van der Waals surface area contributed by atoms with Crippen LogP contribution in [0.5, 0.6) is 5.75 Å². The predicted octanol–water partition coefficient (Wildman–Crippen LogP) is 4.67. The third kappa shape index (κ3) is 3.24. The molecule has 3 aromatic rings. The molecule has 0 unspecified atom stereocenters. The first-order valence-corrected chi connectivity index (χ1v) is 7.38. The van der Waals surface area contributed by atoms with Crippen LogP contribution in [0.3, 0.4) is 0 Å². The van der Waals surface area contributed by atoms with Crippen LogP contribution in [0.15, 0.2) is 84.9 Å². The van der Waals surface area contributed by atoms with Crippen molar-refractivity contribution in [3.63, 3.8) is 0 Å². The first-order chi connectivity index (χ1) is 11.3. The number of hydrogen-bond donors (Lipinski definition) is 0. The minimum atomic E-state index is -0.0676. The van der Waals surface area contributed by atoms with E-state index in [0.717, 1.165) is 17.1 Å². The summed E-state index contributed by atoms with van der Waals surface area (Å²) >= 11 is 0. The van der Waals surface area contributed by atoms with Crippen molar-refractivity contribution >= 4 is 17.3 Å². The predicted molar refractivity (Wildman–Crippen MR) is 92.3 cm³/mol. The maximum absolute atomic E-state index is 13.0. The lowest BCUT2D eigenvalue weighted by Crippen LogP contribution is -2.25. The molecule has 0 atom stereocenters. The monoisotopic (exact) mass is 303 g/mol. The number of hydrogen-bond acceptors (Lipinski definition) is 2. The lowest BCUT2D eigenvalue weighted by Gasteiger charge is -2.23. The molecule has 0 fully saturated rings. The number of para-hydroxylation sites is 1. The van der Waals surface area contributed by atoms with E-state index in [4.69, 9.17) is 4.74 Å². The number of carbonyl (C=O) groups excluding carboxylic acids is 1. The summed E-state index contributed by atoms with van der Waals surface area (Å²) in [5, 5.41) is 0.